The summed E-state index contributed by atoms with van der Waals surface area (Å²) in [6.45, 7) is 1.36. The minimum atomic E-state index is -0.599. The van der Waals surface area contributed by atoms with Gasteiger partial charge in [-0.2, -0.15) is 0 Å². The van der Waals surface area contributed by atoms with Crippen LogP contribution in [0.4, 0.5) is 11.4 Å². The number of nitrogens with two attached hydrogens (primary N) is 1. The first-order chi connectivity index (χ1) is 6.43. The molecule has 1 aromatic carbocycles. The van der Waals surface area contributed by atoms with Crippen LogP contribution in [0.2, 0.25) is 0 Å². The Morgan fingerprint density at radius 3 is 2.57 bits per heavy atom. The molecule has 0 unspecified atom stereocenters. The minimum Gasteiger partial charge on any atom is -0.393 e. The van der Waals surface area contributed by atoms with Gasteiger partial charge in [-0.05, 0) is 35.6 Å². The molecule has 14 heavy (non-hydrogen) atoms. The van der Waals surface area contributed by atoms with Gasteiger partial charge in [0.25, 0.3) is 5.69 Å². The highest BCUT2D eigenvalue weighted by molar-refractivity contribution is 14.1. The van der Waals surface area contributed by atoms with Crippen molar-refractivity contribution in [2.24, 2.45) is 0 Å². The van der Waals surface area contributed by atoms with Crippen molar-refractivity contribution in [3.63, 3.8) is 0 Å². The zero-order chi connectivity index (χ0) is 10.9. The number of ketones is 1. The van der Waals surface area contributed by atoms with Gasteiger partial charge in [0, 0.05) is 15.2 Å². The SMILES string of the molecule is CC(=O)c1cc([N+](=O)[O-])c(N)cc1I. The van der Waals surface area contributed by atoms with Crippen molar-refractivity contribution >= 4 is 39.7 Å². The fraction of sp³-hybridized carbons (Fsp3) is 0.125. The highest BCUT2D eigenvalue weighted by Crippen LogP contribution is 2.26. The second-order valence-electron chi connectivity index (χ2n) is 2.70. The fourth-order valence-corrected chi connectivity index (χ4v) is 1.88. The van der Waals surface area contributed by atoms with Crippen molar-refractivity contribution in [1.29, 1.82) is 0 Å². The molecule has 2 N–H and O–H groups in total. The molecule has 0 radical (unpaired) electrons. The number of nitro benzene ring substituents is 1. The van der Waals surface area contributed by atoms with Crippen molar-refractivity contribution in [1.82, 2.24) is 0 Å². The molecule has 0 aliphatic carbocycles. The van der Waals surface area contributed by atoms with Crippen LogP contribution in [-0.2, 0) is 0 Å². The van der Waals surface area contributed by atoms with Crippen LogP contribution in [0.5, 0.6) is 0 Å². The Kier molecular flexibility index (Phi) is 3.04. The van der Waals surface area contributed by atoms with Gasteiger partial charge in [0.1, 0.15) is 5.69 Å². The van der Waals surface area contributed by atoms with E-state index in [4.69, 9.17) is 5.73 Å². The molecule has 74 valence electrons. The maximum Gasteiger partial charge on any atom is 0.292 e. The Morgan fingerprint density at radius 1 is 1.57 bits per heavy atom. The van der Waals surface area contributed by atoms with Crippen molar-refractivity contribution in [2.45, 2.75) is 6.92 Å². The quantitative estimate of drug-likeness (QED) is 0.298. The molecule has 0 saturated carbocycles. The molecule has 0 atom stereocenters. The number of rotatable bonds is 2. The summed E-state index contributed by atoms with van der Waals surface area (Å²) in [5.74, 6) is -0.211. The van der Waals surface area contributed by atoms with Crippen LogP contribution >= 0.6 is 22.6 Å². The van der Waals surface area contributed by atoms with Crippen molar-refractivity contribution in [2.75, 3.05) is 5.73 Å². The molecular formula is C8H7IN2O3. The van der Waals surface area contributed by atoms with Gasteiger partial charge >= 0.3 is 0 Å². The lowest BCUT2D eigenvalue weighted by Crippen LogP contribution is -2.02. The van der Waals surface area contributed by atoms with Gasteiger partial charge in [0.05, 0.1) is 4.92 Å². The smallest absolute Gasteiger partial charge is 0.292 e. The monoisotopic (exact) mass is 306 g/mol. The molecule has 5 nitrogen and oxygen atoms in total. The van der Waals surface area contributed by atoms with Gasteiger partial charge in [-0.3, -0.25) is 14.9 Å². The average Bonchev–Trinajstić information content (AvgIpc) is 2.02. The molecule has 0 bridgehead atoms. The van der Waals surface area contributed by atoms with E-state index in [9.17, 15) is 14.9 Å². The molecule has 0 spiro atoms. The van der Waals surface area contributed by atoms with E-state index in [2.05, 4.69) is 0 Å². The summed E-state index contributed by atoms with van der Waals surface area (Å²) in [6, 6.07) is 2.63. The third kappa shape index (κ3) is 2.00. The van der Waals surface area contributed by atoms with Gasteiger partial charge in [-0.25, -0.2) is 0 Å². The predicted octanol–water partition coefficient (Wildman–Crippen LogP) is 1.98. The van der Waals surface area contributed by atoms with E-state index < -0.39 is 4.92 Å². The van der Waals surface area contributed by atoms with E-state index in [0.717, 1.165) is 0 Å². The Bertz CT molecular complexity index is 382. The summed E-state index contributed by atoms with van der Waals surface area (Å²) >= 11 is 1.92. The first kappa shape index (κ1) is 10.9. The lowest BCUT2D eigenvalue weighted by atomic mass is 10.1. The second-order valence-corrected chi connectivity index (χ2v) is 3.87. The fourth-order valence-electron chi connectivity index (χ4n) is 1.01. The largest absolute Gasteiger partial charge is 0.393 e. The lowest BCUT2D eigenvalue weighted by molar-refractivity contribution is -0.383. The summed E-state index contributed by atoms with van der Waals surface area (Å²) < 4.78 is 0.623. The van der Waals surface area contributed by atoms with Gasteiger partial charge < -0.3 is 5.73 Å². The third-order valence-electron chi connectivity index (χ3n) is 1.69. The summed E-state index contributed by atoms with van der Waals surface area (Å²) in [4.78, 5) is 21.0. The van der Waals surface area contributed by atoms with Crippen LogP contribution in [0, 0.1) is 13.7 Å². The van der Waals surface area contributed by atoms with Gasteiger partial charge in [-0.15, -0.1) is 0 Å². The minimum absolute atomic E-state index is 0.0735. The molecule has 0 aromatic heterocycles. The predicted molar refractivity (Wildman–Crippen MR) is 60.2 cm³/mol. The van der Waals surface area contributed by atoms with Crippen molar-refractivity contribution in [3.05, 3.63) is 31.4 Å². The van der Waals surface area contributed by atoms with Crippen LogP contribution in [0.15, 0.2) is 12.1 Å². The van der Waals surface area contributed by atoms with Crippen LogP contribution in [0.1, 0.15) is 17.3 Å². The average molecular weight is 306 g/mol. The molecule has 0 fully saturated rings. The molecule has 6 heteroatoms. The number of carbonyl (C=O) groups excluding carboxylic acids is 1. The molecule has 0 aliphatic rings. The number of Topliss-reactive ketones (excluding diaryl/α,β-unsaturated/α-hetero) is 1. The number of carbonyl (C=O) groups is 1. The van der Waals surface area contributed by atoms with Crippen LogP contribution < -0.4 is 5.73 Å². The summed E-state index contributed by atoms with van der Waals surface area (Å²) in [5, 5.41) is 10.5. The first-order valence-corrected chi connectivity index (χ1v) is 4.75. The third-order valence-corrected chi connectivity index (χ3v) is 2.58. The van der Waals surface area contributed by atoms with E-state index in [0.29, 0.717) is 9.13 Å². The Morgan fingerprint density at radius 2 is 2.14 bits per heavy atom. The number of nitrogens with zero attached hydrogens (tertiary/aromatic N) is 1. The Hall–Kier alpha value is -1.18. The van der Waals surface area contributed by atoms with Crippen molar-refractivity contribution < 1.29 is 9.72 Å². The number of anilines is 1. The van der Waals surface area contributed by atoms with E-state index in [-0.39, 0.29) is 17.2 Å². The second kappa shape index (κ2) is 3.91. The first-order valence-electron chi connectivity index (χ1n) is 3.68. The maximum atomic E-state index is 11.1. The number of nitro groups is 1. The lowest BCUT2D eigenvalue weighted by Gasteiger charge is -2.02. The summed E-state index contributed by atoms with van der Waals surface area (Å²) in [5.41, 5.74) is 5.61. The Balaban J connectivity index is 3.42. The number of benzene rings is 1. The summed E-state index contributed by atoms with van der Waals surface area (Å²) in [6.07, 6.45) is 0. The van der Waals surface area contributed by atoms with E-state index in [1.165, 1.54) is 19.1 Å². The normalized spacial score (nSPS) is 9.86. The number of hydrogen-bond donors (Lipinski definition) is 1. The summed E-state index contributed by atoms with van der Waals surface area (Å²) in [7, 11) is 0. The molecule has 0 heterocycles. The van der Waals surface area contributed by atoms with Crippen LogP contribution in [0.3, 0.4) is 0 Å². The van der Waals surface area contributed by atoms with Crippen LogP contribution in [-0.4, -0.2) is 10.7 Å². The number of halogens is 1. The van der Waals surface area contributed by atoms with Gasteiger partial charge in [0.2, 0.25) is 0 Å². The van der Waals surface area contributed by atoms with E-state index in [1.54, 1.807) is 0 Å². The molecule has 0 aliphatic heterocycles. The van der Waals surface area contributed by atoms with Gasteiger partial charge in [-0.1, -0.05) is 0 Å². The maximum absolute atomic E-state index is 11.1. The van der Waals surface area contributed by atoms with Crippen molar-refractivity contribution in [3.8, 4) is 0 Å². The highest BCUT2D eigenvalue weighted by Gasteiger charge is 2.16. The molecule has 0 saturated heterocycles. The Labute approximate surface area is 93.6 Å². The topological polar surface area (TPSA) is 86.2 Å². The zero-order valence-corrected chi connectivity index (χ0v) is 9.44. The van der Waals surface area contributed by atoms with E-state index in [1.807, 2.05) is 22.6 Å². The highest BCUT2D eigenvalue weighted by atomic mass is 127. The molecular weight excluding hydrogens is 299 g/mol. The van der Waals surface area contributed by atoms with E-state index >= 15 is 0 Å². The molecule has 1 aromatic rings. The van der Waals surface area contributed by atoms with Gasteiger partial charge in [0.15, 0.2) is 5.78 Å². The molecule has 1 rings (SSSR count). The number of nitrogen functional groups attached to an aromatic ring is 1. The van der Waals surface area contributed by atoms with Crippen LogP contribution in [0.25, 0.3) is 0 Å². The zero-order valence-electron chi connectivity index (χ0n) is 7.28. The number of hydrogen-bond acceptors (Lipinski definition) is 4. The molecule has 0 amide bonds. The standard InChI is InChI=1S/C8H7IN2O3/c1-4(12)5-2-8(11(13)14)7(10)3-6(5)9/h2-3H,10H2,1H3.